The number of fused-ring (bicyclic) bond motifs is 1. The molecule has 0 unspecified atom stereocenters. The number of aromatic nitrogens is 3. The summed E-state index contributed by atoms with van der Waals surface area (Å²) in [5.74, 6) is 0. The standard InChI is InChI=1S/C8H11N5/c1-10-7-5-3-12-13(2)8(5)11-4-6(7)9/h3-4H,9H2,1-2H3,(H,10,11). The average Bonchev–Trinajstić information content (AvgIpc) is 2.48. The molecular formula is C8H11N5. The lowest BCUT2D eigenvalue weighted by atomic mass is 10.2. The van der Waals surface area contributed by atoms with Crippen molar-refractivity contribution in [1.29, 1.82) is 0 Å². The van der Waals surface area contributed by atoms with Gasteiger partial charge in [0.05, 0.1) is 29.2 Å². The molecule has 0 aliphatic rings. The summed E-state index contributed by atoms with van der Waals surface area (Å²) in [7, 11) is 3.68. The molecule has 13 heavy (non-hydrogen) atoms. The summed E-state index contributed by atoms with van der Waals surface area (Å²) in [6, 6.07) is 0. The van der Waals surface area contributed by atoms with Crippen LogP contribution in [0, 0.1) is 0 Å². The molecular weight excluding hydrogens is 166 g/mol. The van der Waals surface area contributed by atoms with Gasteiger partial charge in [-0.25, -0.2) is 4.98 Å². The van der Waals surface area contributed by atoms with Gasteiger partial charge in [-0.05, 0) is 0 Å². The van der Waals surface area contributed by atoms with E-state index in [0.29, 0.717) is 5.69 Å². The van der Waals surface area contributed by atoms with Crippen molar-refractivity contribution in [2.45, 2.75) is 0 Å². The van der Waals surface area contributed by atoms with E-state index in [1.165, 1.54) is 0 Å². The second-order valence-electron chi connectivity index (χ2n) is 2.84. The zero-order valence-corrected chi connectivity index (χ0v) is 7.57. The van der Waals surface area contributed by atoms with Crippen LogP contribution >= 0.6 is 0 Å². The number of pyridine rings is 1. The Labute approximate surface area is 75.6 Å². The minimum absolute atomic E-state index is 0.642. The molecule has 0 spiro atoms. The molecule has 2 aromatic heterocycles. The van der Waals surface area contributed by atoms with Gasteiger partial charge in [-0.2, -0.15) is 5.10 Å². The summed E-state index contributed by atoms with van der Waals surface area (Å²) in [6.45, 7) is 0. The molecule has 0 aliphatic carbocycles. The molecule has 0 bridgehead atoms. The van der Waals surface area contributed by atoms with Gasteiger partial charge in [0, 0.05) is 14.1 Å². The van der Waals surface area contributed by atoms with Crippen LogP contribution in [0.3, 0.4) is 0 Å². The Bertz CT molecular complexity index is 445. The van der Waals surface area contributed by atoms with Gasteiger partial charge >= 0.3 is 0 Å². The Morgan fingerprint density at radius 3 is 2.92 bits per heavy atom. The highest BCUT2D eigenvalue weighted by Crippen LogP contribution is 2.26. The number of nitrogens with two attached hydrogens (primary N) is 1. The van der Waals surface area contributed by atoms with Gasteiger partial charge in [0.15, 0.2) is 5.65 Å². The highest BCUT2D eigenvalue weighted by Gasteiger charge is 2.07. The maximum Gasteiger partial charge on any atom is 0.159 e. The van der Waals surface area contributed by atoms with E-state index in [9.17, 15) is 0 Å². The van der Waals surface area contributed by atoms with Crippen molar-refractivity contribution in [2.24, 2.45) is 7.05 Å². The van der Waals surface area contributed by atoms with Crippen LogP contribution in [0.2, 0.25) is 0 Å². The van der Waals surface area contributed by atoms with Crippen LogP contribution in [-0.2, 0) is 7.05 Å². The maximum atomic E-state index is 5.74. The molecule has 2 rings (SSSR count). The number of nitrogens with zero attached hydrogens (tertiary/aromatic N) is 3. The first-order chi connectivity index (χ1) is 6.24. The van der Waals surface area contributed by atoms with E-state index in [4.69, 9.17) is 5.73 Å². The first-order valence-electron chi connectivity index (χ1n) is 3.98. The Balaban J connectivity index is 2.85. The van der Waals surface area contributed by atoms with Gasteiger partial charge in [-0.3, -0.25) is 4.68 Å². The lowest BCUT2D eigenvalue weighted by molar-refractivity contribution is 0.786. The fraction of sp³-hybridized carbons (Fsp3) is 0.250. The van der Waals surface area contributed by atoms with E-state index in [1.807, 2.05) is 14.1 Å². The van der Waals surface area contributed by atoms with E-state index in [1.54, 1.807) is 17.1 Å². The van der Waals surface area contributed by atoms with Crippen LogP contribution in [-0.4, -0.2) is 21.8 Å². The fourth-order valence-corrected chi connectivity index (χ4v) is 1.39. The van der Waals surface area contributed by atoms with Crippen molar-refractivity contribution in [3.63, 3.8) is 0 Å². The SMILES string of the molecule is CNc1c(N)cnc2c1cnn2C. The Morgan fingerprint density at radius 1 is 1.46 bits per heavy atom. The topological polar surface area (TPSA) is 68.8 Å². The van der Waals surface area contributed by atoms with Gasteiger partial charge in [-0.1, -0.05) is 0 Å². The van der Waals surface area contributed by atoms with E-state index in [2.05, 4.69) is 15.4 Å². The predicted molar refractivity (Wildman–Crippen MR) is 52.5 cm³/mol. The third-order valence-electron chi connectivity index (χ3n) is 2.04. The molecule has 0 saturated carbocycles. The van der Waals surface area contributed by atoms with E-state index < -0.39 is 0 Å². The minimum Gasteiger partial charge on any atom is -0.396 e. The van der Waals surface area contributed by atoms with Crippen molar-refractivity contribution in [3.05, 3.63) is 12.4 Å². The molecule has 0 aromatic carbocycles. The number of nitrogen functional groups attached to an aromatic ring is 1. The van der Waals surface area contributed by atoms with Crippen LogP contribution in [0.5, 0.6) is 0 Å². The van der Waals surface area contributed by atoms with Gasteiger partial charge in [0.1, 0.15) is 0 Å². The predicted octanol–water partition coefficient (Wildman–Crippen LogP) is 0.592. The van der Waals surface area contributed by atoms with Crippen LogP contribution in [0.15, 0.2) is 12.4 Å². The molecule has 0 saturated heterocycles. The summed E-state index contributed by atoms with van der Waals surface area (Å²) in [5, 5.41) is 8.09. The minimum atomic E-state index is 0.642. The summed E-state index contributed by atoms with van der Waals surface area (Å²) >= 11 is 0. The Morgan fingerprint density at radius 2 is 2.23 bits per heavy atom. The number of hydrogen-bond donors (Lipinski definition) is 2. The number of aryl methyl sites for hydroxylation is 1. The second-order valence-corrected chi connectivity index (χ2v) is 2.84. The number of nitrogens with one attached hydrogen (secondary N) is 1. The average molecular weight is 177 g/mol. The smallest absolute Gasteiger partial charge is 0.159 e. The van der Waals surface area contributed by atoms with Gasteiger partial charge in [0.2, 0.25) is 0 Å². The number of anilines is 2. The Kier molecular flexibility index (Phi) is 1.58. The molecule has 5 heteroatoms. The van der Waals surface area contributed by atoms with Crippen molar-refractivity contribution < 1.29 is 0 Å². The Hall–Kier alpha value is -1.78. The fourth-order valence-electron chi connectivity index (χ4n) is 1.39. The summed E-state index contributed by atoms with van der Waals surface area (Å²) < 4.78 is 1.72. The van der Waals surface area contributed by atoms with Crippen molar-refractivity contribution >= 4 is 22.4 Å². The molecule has 0 atom stereocenters. The number of hydrogen-bond acceptors (Lipinski definition) is 4. The summed E-state index contributed by atoms with van der Waals surface area (Å²) in [4.78, 5) is 4.18. The van der Waals surface area contributed by atoms with Crippen LogP contribution in [0.25, 0.3) is 11.0 Å². The van der Waals surface area contributed by atoms with E-state index in [-0.39, 0.29) is 0 Å². The summed E-state index contributed by atoms with van der Waals surface area (Å²) in [5.41, 5.74) is 8.11. The lowest BCUT2D eigenvalue weighted by Gasteiger charge is -2.04. The molecule has 0 amide bonds. The van der Waals surface area contributed by atoms with Gasteiger partial charge in [0.25, 0.3) is 0 Å². The van der Waals surface area contributed by atoms with Gasteiger partial charge < -0.3 is 11.1 Å². The lowest BCUT2D eigenvalue weighted by Crippen LogP contribution is -1.98. The molecule has 2 heterocycles. The van der Waals surface area contributed by atoms with Crippen molar-refractivity contribution in [3.8, 4) is 0 Å². The summed E-state index contributed by atoms with van der Waals surface area (Å²) in [6.07, 6.45) is 3.39. The first-order valence-corrected chi connectivity index (χ1v) is 3.98. The quantitative estimate of drug-likeness (QED) is 0.669. The highest BCUT2D eigenvalue weighted by atomic mass is 15.3. The first kappa shape index (κ1) is 7.85. The zero-order chi connectivity index (χ0) is 9.42. The van der Waals surface area contributed by atoms with Gasteiger partial charge in [-0.15, -0.1) is 0 Å². The monoisotopic (exact) mass is 177 g/mol. The zero-order valence-electron chi connectivity index (χ0n) is 7.57. The molecule has 68 valence electrons. The van der Waals surface area contributed by atoms with Crippen LogP contribution < -0.4 is 11.1 Å². The molecule has 2 aromatic rings. The third kappa shape index (κ3) is 1.00. The van der Waals surface area contributed by atoms with Crippen molar-refractivity contribution in [1.82, 2.24) is 14.8 Å². The number of rotatable bonds is 1. The van der Waals surface area contributed by atoms with E-state index >= 15 is 0 Å². The van der Waals surface area contributed by atoms with Crippen LogP contribution in [0.4, 0.5) is 11.4 Å². The molecule has 3 N–H and O–H groups in total. The largest absolute Gasteiger partial charge is 0.396 e. The molecule has 5 nitrogen and oxygen atoms in total. The highest BCUT2D eigenvalue weighted by molar-refractivity contribution is 5.94. The maximum absolute atomic E-state index is 5.74. The molecule has 0 aliphatic heterocycles. The normalized spacial score (nSPS) is 10.6. The third-order valence-corrected chi connectivity index (χ3v) is 2.04. The van der Waals surface area contributed by atoms with Crippen LogP contribution in [0.1, 0.15) is 0 Å². The molecule has 0 fully saturated rings. The van der Waals surface area contributed by atoms with E-state index in [0.717, 1.165) is 16.7 Å². The molecule has 0 radical (unpaired) electrons. The second kappa shape index (κ2) is 2.62. The van der Waals surface area contributed by atoms with Crippen molar-refractivity contribution in [2.75, 3.05) is 18.1 Å².